The van der Waals surface area contributed by atoms with Gasteiger partial charge in [0.25, 0.3) is 5.91 Å². The summed E-state index contributed by atoms with van der Waals surface area (Å²) in [6, 6.07) is 11.2. The molecule has 2 heterocycles. The molecular weight excluding hydrogens is 300 g/mol. The van der Waals surface area contributed by atoms with Crippen molar-refractivity contribution < 1.29 is 14.3 Å². The van der Waals surface area contributed by atoms with Crippen LogP contribution in [0.3, 0.4) is 0 Å². The highest BCUT2D eigenvalue weighted by atomic mass is 32.1. The van der Waals surface area contributed by atoms with Crippen molar-refractivity contribution in [2.45, 2.75) is 6.54 Å². The van der Waals surface area contributed by atoms with Crippen LogP contribution < -0.4 is 14.8 Å². The number of aromatic nitrogens is 1. The third-order valence-corrected chi connectivity index (χ3v) is 4.28. The van der Waals surface area contributed by atoms with Gasteiger partial charge in [0, 0.05) is 12.1 Å². The number of thiazole rings is 1. The number of benzene rings is 2. The van der Waals surface area contributed by atoms with Crippen LogP contribution in [0.4, 0.5) is 0 Å². The van der Waals surface area contributed by atoms with Crippen LogP contribution in [0.15, 0.2) is 41.9 Å². The van der Waals surface area contributed by atoms with Crippen LogP contribution >= 0.6 is 11.3 Å². The summed E-state index contributed by atoms with van der Waals surface area (Å²) in [7, 11) is 0. The Labute approximate surface area is 130 Å². The molecule has 0 saturated heterocycles. The molecule has 0 unspecified atom stereocenters. The summed E-state index contributed by atoms with van der Waals surface area (Å²) >= 11 is 1.53. The van der Waals surface area contributed by atoms with Gasteiger partial charge in [-0.25, -0.2) is 4.98 Å². The monoisotopic (exact) mass is 312 g/mol. The molecule has 1 N–H and O–H groups in total. The number of amides is 1. The summed E-state index contributed by atoms with van der Waals surface area (Å²) < 4.78 is 11.6. The van der Waals surface area contributed by atoms with Crippen LogP contribution in [0, 0.1) is 0 Å². The number of rotatable bonds is 3. The van der Waals surface area contributed by atoms with Crippen LogP contribution in [-0.2, 0) is 6.54 Å². The molecule has 0 spiro atoms. The zero-order chi connectivity index (χ0) is 14.9. The number of nitrogens with one attached hydrogen (secondary N) is 1. The van der Waals surface area contributed by atoms with E-state index in [1.54, 1.807) is 11.6 Å². The second-order valence-electron chi connectivity index (χ2n) is 4.91. The quantitative estimate of drug-likeness (QED) is 0.808. The van der Waals surface area contributed by atoms with Crippen molar-refractivity contribution in [3.05, 3.63) is 53.0 Å². The Morgan fingerprint density at radius 3 is 3.05 bits per heavy atom. The van der Waals surface area contributed by atoms with Gasteiger partial charge in [0.15, 0.2) is 11.5 Å². The number of nitrogens with zero attached hydrogens (tertiary/aromatic N) is 1. The second kappa shape index (κ2) is 5.31. The molecule has 1 amide bonds. The largest absolute Gasteiger partial charge is 0.454 e. The molecule has 0 bridgehead atoms. The number of carbonyl (C=O) groups excluding carboxylic acids is 1. The number of carbonyl (C=O) groups is 1. The van der Waals surface area contributed by atoms with Crippen molar-refractivity contribution in [3.63, 3.8) is 0 Å². The Kier molecular flexibility index (Phi) is 3.16. The van der Waals surface area contributed by atoms with Crippen molar-refractivity contribution >= 4 is 27.5 Å². The third kappa shape index (κ3) is 2.37. The summed E-state index contributed by atoms with van der Waals surface area (Å²) in [6.45, 7) is 0.691. The molecule has 110 valence electrons. The van der Waals surface area contributed by atoms with E-state index in [-0.39, 0.29) is 12.7 Å². The van der Waals surface area contributed by atoms with E-state index in [0.29, 0.717) is 12.1 Å². The van der Waals surface area contributed by atoms with Crippen molar-refractivity contribution in [3.8, 4) is 11.5 Å². The first-order chi connectivity index (χ1) is 10.8. The Bertz CT molecular complexity index is 859. The number of hydrogen-bond donors (Lipinski definition) is 1. The molecule has 0 atom stereocenters. The van der Waals surface area contributed by atoms with Crippen molar-refractivity contribution in [2.24, 2.45) is 0 Å². The summed E-state index contributed by atoms with van der Waals surface area (Å²) in [6.07, 6.45) is 0. The minimum absolute atomic E-state index is 0.104. The Balaban J connectivity index is 1.47. The topological polar surface area (TPSA) is 60.5 Å². The van der Waals surface area contributed by atoms with Gasteiger partial charge in [0.05, 0.1) is 15.7 Å². The average molecular weight is 312 g/mol. The fourth-order valence-corrected chi connectivity index (χ4v) is 3.05. The van der Waals surface area contributed by atoms with Crippen LogP contribution in [0.1, 0.15) is 15.9 Å². The van der Waals surface area contributed by atoms with Gasteiger partial charge in [-0.2, -0.15) is 0 Å². The van der Waals surface area contributed by atoms with Gasteiger partial charge < -0.3 is 14.8 Å². The van der Waals surface area contributed by atoms with E-state index in [0.717, 1.165) is 27.3 Å². The predicted molar refractivity (Wildman–Crippen MR) is 83.4 cm³/mol. The molecule has 0 saturated carbocycles. The molecule has 5 nitrogen and oxygen atoms in total. The minimum Gasteiger partial charge on any atom is -0.454 e. The molecular formula is C16H12N2O3S. The lowest BCUT2D eigenvalue weighted by molar-refractivity contribution is 0.0951. The zero-order valence-electron chi connectivity index (χ0n) is 11.5. The maximum Gasteiger partial charge on any atom is 0.251 e. The fourth-order valence-electron chi connectivity index (χ4n) is 2.33. The van der Waals surface area contributed by atoms with Gasteiger partial charge in [-0.1, -0.05) is 6.07 Å². The molecule has 6 heteroatoms. The Morgan fingerprint density at radius 2 is 2.09 bits per heavy atom. The van der Waals surface area contributed by atoms with Crippen molar-refractivity contribution in [1.29, 1.82) is 0 Å². The van der Waals surface area contributed by atoms with E-state index in [9.17, 15) is 4.79 Å². The highest BCUT2D eigenvalue weighted by molar-refractivity contribution is 7.16. The smallest absolute Gasteiger partial charge is 0.251 e. The predicted octanol–water partition coefficient (Wildman–Crippen LogP) is 2.96. The van der Waals surface area contributed by atoms with E-state index in [2.05, 4.69) is 10.3 Å². The molecule has 2 aromatic carbocycles. The molecule has 0 fully saturated rings. The van der Waals surface area contributed by atoms with E-state index in [1.165, 1.54) is 11.3 Å². The summed E-state index contributed by atoms with van der Waals surface area (Å²) in [4.78, 5) is 16.4. The van der Waals surface area contributed by atoms with Gasteiger partial charge in [0.2, 0.25) is 6.79 Å². The van der Waals surface area contributed by atoms with Gasteiger partial charge >= 0.3 is 0 Å². The lowest BCUT2D eigenvalue weighted by atomic mass is 10.1. The van der Waals surface area contributed by atoms with E-state index < -0.39 is 0 Å². The lowest BCUT2D eigenvalue weighted by Gasteiger charge is -2.06. The van der Waals surface area contributed by atoms with Crippen molar-refractivity contribution in [1.82, 2.24) is 10.3 Å². The normalized spacial score (nSPS) is 12.5. The van der Waals surface area contributed by atoms with Crippen LogP contribution in [0.5, 0.6) is 11.5 Å². The summed E-state index contributed by atoms with van der Waals surface area (Å²) in [5, 5.41) is 2.91. The molecule has 0 radical (unpaired) electrons. The Morgan fingerprint density at radius 1 is 1.18 bits per heavy atom. The van der Waals surface area contributed by atoms with Crippen LogP contribution in [0.2, 0.25) is 0 Å². The first kappa shape index (κ1) is 13.1. The number of fused-ring (bicyclic) bond motifs is 2. The highest BCUT2D eigenvalue weighted by Gasteiger charge is 2.14. The number of ether oxygens (including phenoxy) is 2. The SMILES string of the molecule is O=C(NCc1ccc2c(c1)OCO2)c1ccc2ncsc2c1. The Hall–Kier alpha value is -2.60. The zero-order valence-corrected chi connectivity index (χ0v) is 12.4. The molecule has 0 aliphatic carbocycles. The van der Waals surface area contributed by atoms with Gasteiger partial charge in [-0.15, -0.1) is 11.3 Å². The third-order valence-electron chi connectivity index (χ3n) is 3.48. The van der Waals surface area contributed by atoms with Gasteiger partial charge in [-0.3, -0.25) is 4.79 Å². The van der Waals surface area contributed by atoms with E-state index >= 15 is 0 Å². The van der Waals surface area contributed by atoms with E-state index in [4.69, 9.17) is 9.47 Å². The maximum absolute atomic E-state index is 12.2. The molecule has 4 rings (SSSR count). The minimum atomic E-state index is -0.104. The molecule has 1 aromatic heterocycles. The van der Waals surface area contributed by atoms with E-state index in [1.807, 2.05) is 30.3 Å². The number of hydrogen-bond acceptors (Lipinski definition) is 5. The molecule has 1 aliphatic rings. The van der Waals surface area contributed by atoms with Crippen LogP contribution in [-0.4, -0.2) is 17.7 Å². The highest BCUT2D eigenvalue weighted by Crippen LogP contribution is 2.32. The second-order valence-corrected chi connectivity index (χ2v) is 5.79. The molecule has 22 heavy (non-hydrogen) atoms. The van der Waals surface area contributed by atoms with Crippen molar-refractivity contribution in [2.75, 3.05) is 6.79 Å². The summed E-state index contributed by atoms with van der Waals surface area (Å²) in [5.74, 6) is 1.36. The molecule has 3 aromatic rings. The summed E-state index contributed by atoms with van der Waals surface area (Å²) in [5.41, 5.74) is 4.30. The maximum atomic E-state index is 12.2. The standard InChI is InChI=1S/C16H12N2O3S/c19-16(11-2-3-12-15(6-11)22-8-18-12)17-7-10-1-4-13-14(5-10)21-9-20-13/h1-6,8H,7,9H2,(H,17,19). The van der Waals surface area contributed by atoms with Gasteiger partial charge in [-0.05, 0) is 35.9 Å². The van der Waals surface area contributed by atoms with Crippen LogP contribution in [0.25, 0.3) is 10.2 Å². The lowest BCUT2D eigenvalue weighted by Crippen LogP contribution is -2.22. The first-order valence-corrected chi connectivity index (χ1v) is 7.67. The molecule has 1 aliphatic heterocycles. The average Bonchev–Trinajstić information content (AvgIpc) is 3.19. The first-order valence-electron chi connectivity index (χ1n) is 6.79. The fraction of sp³-hybridized carbons (Fsp3) is 0.125. The van der Waals surface area contributed by atoms with Gasteiger partial charge in [0.1, 0.15) is 0 Å².